The smallest absolute Gasteiger partial charge is 0.0354 e. The average molecular weight is 1190 g/mol. The SMILES string of the molecule is CC.CC.CC(C)(C)C.CC(C)C.CC1(C)CC1.CC1CC1.CC1CCC1.CC1C[C@H]1C.CCC.CCC(C)C.CCC(C)C.CCC(C)CC.CCC1CC1.CCCC.CCCC(C)C.CCCC(C)C.CCCCC.CCCCCC. The minimum atomic E-state index is 0.500. The topological polar surface area (TPSA) is 0 Å². The van der Waals surface area contributed by atoms with Gasteiger partial charge in [0.15, 0.2) is 0 Å². The van der Waals surface area contributed by atoms with E-state index in [1.54, 1.807) is 0 Å². The van der Waals surface area contributed by atoms with Gasteiger partial charge in [-0.1, -0.05) is 451 Å². The van der Waals surface area contributed by atoms with Crippen molar-refractivity contribution in [3.63, 3.8) is 0 Å². The van der Waals surface area contributed by atoms with Crippen LogP contribution in [0.15, 0.2) is 0 Å². The van der Waals surface area contributed by atoms with Gasteiger partial charge in [-0.25, -0.2) is 0 Å². The number of hydrogen-bond donors (Lipinski definition) is 0. The molecular weight excluding hydrogens is 997 g/mol. The quantitative estimate of drug-likeness (QED) is 0.143. The largest absolute Gasteiger partial charge is 0.0683 e. The van der Waals surface area contributed by atoms with Crippen molar-refractivity contribution >= 4 is 0 Å². The molecule has 1 unspecified atom stereocenters. The highest BCUT2D eigenvalue weighted by molar-refractivity contribution is 4.82. The minimum Gasteiger partial charge on any atom is -0.0683 e. The van der Waals surface area contributed by atoms with Crippen molar-refractivity contribution in [2.75, 3.05) is 0 Å². The molecule has 5 aliphatic carbocycles. The predicted octanol–water partition coefficient (Wildman–Crippen LogP) is 33.7. The molecule has 0 radical (unpaired) electrons. The summed E-state index contributed by atoms with van der Waals surface area (Å²) in [5, 5.41) is 0. The van der Waals surface area contributed by atoms with Crippen molar-refractivity contribution in [1.82, 2.24) is 0 Å². The molecule has 5 fully saturated rings. The van der Waals surface area contributed by atoms with E-state index in [9.17, 15) is 0 Å². The lowest BCUT2D eigenvalue weighted by molar-refractivity contribution is 0.346. The zero-order valence-electron chi connectivity index (χ0n) is 68.9. The van der Waals surface area contributed by atoms with E-state index in [1.807, 2.05) is 27.7 Å². The molecule has 0 heterocycles. The van der Waals surface area contributed by atoms with Gasteiger partial charge in [-0.3, -0.25) is 0 Å². The van der Waals surface area contributed by atoms with E-state index < -0.39 is 0 Å². The van der Waals surface area contributed by atoms with Crippen molar-refractivity contribution in [1.29, 1.82) is 0 Å². The maximum atomic E-state index is 2.31. The van der Waals surface area contributed by atoms with Gasteiger partial charge in [0.2, 0.25) is 0 Å². The molecule has 0 aromatic heterocycles. The monoisotopic (exact) mass is 1190 g/mol. The summed E-state index contributed by atoms with van der Waals surface area (Å²) in [4.78, 5) is 0. The summed E-state index contributed by atoms with van der Waals surface area (Å²) in [6.07, 6.45) is 40.4. The first-order chi connectivity index (χ1) is 38.5. The summed E-state index contributed by atoms with van der Waals surface area (Å²) < 4.78 is 0. The van der Waals surface area contributed by atoms with E-state index in [1.165, 1.54) is 186 Å². The van der Waals surface area contributed by atoms with E-state index >= 15 is 0 Å². The molecule has 0 amide bonds. The summed E-state index contributed by atoms with van der Waals surface area (Å²) in [5.74, 6) is 10.7. The Labute approximate surface area is 543 Å². The Balaban J connectivity index is -0.0000000571. The van der Waals surface area contributed by atoms with Crippen molar-refractivity contribution in [2.45, 2.75) is 470 Å². The fraction of sp³-hybridized carbons (Fsp3) is 1.00. The highest BCUT2D eigenvalue weighted by Gasteiger charge is 2.30. The number of hydrogen-bond acceptors (Lipinski definition) is 0. The van der Waals surface area contributed by atoms with E-state index in [2.05, 4.69) is 256 Å². The van der Waals surface area contributed by atoms with Crippen LogP contribution in [0.4, 0.5) is 0 Å². The Kier molecular flexibility index (Phi) is 135. The van der Waals surface area contributed by atoms with Crippen molar-refractivity contribution in [2.24, 2.45) is 75.9 Å². The fourth-order valence-corrected chi connectivity index (χ4v) is 4.36. The third-order valence-electron chi connectivity index (χ3n) is 13.2. The van der Waals surface area contributed by atoms with Crippen LogP contribution in [0.5, 0.6) is 0 Å². The molecule has 0 aromatic rings. The van der Waals surface area contributed by atoms with Crippen molar-refractivity contribution in [3.8, 4) is 0 Å². The molecule has 5 saturated carbocycles. The molecule has 0 aliphatic heterocycles. The first-order valence-electron chi connectivity index (χ1n) is 38.5. The van der Waals surface area contributed by atoms with Gasteiger partial charge < -0.3 is 0 Å². The summed E-state index contributed by atoms with van der Waals surface area (Å²) in [7, 11) is 0. The Morgan fingerprint density at radius 2 is 0.590 bits per heavy atom. The molecule has 5 aliphatic rings. The third kappa shape index (κ3) is 259. The van der Waals surface area contributed by atoms with Crippen molar-refractivity contribution in [3.05, 3.63) is 0 Å². The molecule has 0 aromatic carbocycles. The number of unbranched alkanes of at least 4 members (excludes halogenated alkanes) is 6. The predicted molar refractivity (Wildman–Crippen MR) is 410 cm³/mol. The molecule has 0 N–H and O–H groups in total. The van der Waals surface area contributed by atoms with Gasteiger partial charge in [0.05, 0.1) is 0 Å². The second-order valence-electron chi connectivity index (χ2n) is 29.8. The van der Waals surface area contributed by atoms with Crippen LogP contribution in [0.25, 0.3) is 0 Å². The van der Waals surface area contributed by atoms with Crippen LogP contribution in [-0.2, 0) is 0 Å². The first-order valence-corrected chi connectivity index (χ1v) is 38.5. The Bertz CT molecular complexity index is 814. The summed E-state index contributed by atoms with van der Waals surface area (Å²) >= 11 is 0. The molecular formula is C83H192. The van der Waals surface area contributed by atoms with Gasteiger partial charge in [0.25, 0.3) is 0 Å². The molecule has 0 bridgehead atoms. The lowest BCUT2D eigenvalue weighted by Gasteiger charge is -2.18. The van der Waals surface area contributed by atoms with E-state index in [0.717, 1.165) is 70.5 Å². The van der Waals surface area contributed by atoms with Gasteiger partial charge in [-0.15, -0.1) is 0 Å². The van der Waals surface area contributed by atoms with E-state index in [4.69, 9.17) is 0 Å². The molecule has 524 valence electrons. The second-order valence-corrected chi connectivity index (χ2v) is 29.8. The normalized spacial score (nSPS) is 15.4. The van der Waals surface area contributed by atoms with Crippen LogP contribution >= 0.6 is 0 Å². The third-order valence-corrected chi connectivity index (χ3v) is 13.2. The van der Waals surface area contributed by atoms with Gasteiger partial charge in [0, 0.05) is 0 Å². The first kappa shape index (κ1) is 114. The summed E-state index contributed by atoms with van der Waals surface area (Å²) in [5.41, 5.74) is 1.25. The highest BCUT2D eigenvalue weighted by atomic mass is 14.4. The van der Waals surface area contributed by atoms with Gasteiger partial charge in [-0.2, -0.15) is 0 Å². The van der Waals surface area contributed by atoms with Crippen LogP contribution in [0.2, 0.25) is 0 Å². The molecule has 83 heavy (non-hydrogen) atoms. The van der Waals surface area contributed by atoms with Crippen LogP contribution < -0.4 is 0 Å². The van der Waals surface area contributed by atoms with Gasteiger partial charge >= 0.3 is 0 Å². The number of rotatable bonds is 15. The zero-order valence-corrected chi connectivity index (χ0v) is 68.9. The highest BCUT2D eigenvalue weighted by Crippen LogP contribution is 2.43. The van der Waals surface area contributed by atoms with Crippen LogP contribution in [-0.4, -0.2) is 0 Å². The second kappa shape index (κ2) is 98.2. The summed E-state index contributed by atoms with van der Waals surface area (Å²) in [6, 6.07) is 0. The lowest BCUT2D eigenvalue weighted by Crippen LogP contribution is -2.04. The van der Waals surface area contributed by atoms with Crippen LogP contribution in [0.3, 0.4) is 0 Å². The Morgan fingerprint density at radius 1 is 0.373 bits per heavy atom. The molecule has 2 atom stereocenters. The van der Waals surface area contributed by atoms with Gasteiger partial charge in [0.1, 0.15) is 0 Å². The molecule has 5 rings (SSSR count). The van der Waals surface area contributed by atoms with Gasteiger partial charge in [-0.05, 0) is 95.2 Å². The van der Waals surface area contributed by atoms with Crippen molar-refractivity contribution < 1.29 is 0 Å². The molecule has 0 spiro atoms. The molecule has 0 saturated heterocycles. The van der Waals surface area contributed by atoms with E-state index in [-0.39, 0.29) is 0 Å². The lowest BCUT2D eigenvalue weighted by atomic mass is 9.88. The molecule has 0 nitrogen and oxygen atoms in total. The average Bonchev–Trinajstić information content (AvgIpc) is 4.22. The zero-order chi connectivity index (χ0) is 68.9. The Morgan fingerprint density at radius 3 is 0.602 bits per heavy atom. The fourth-order valence-electron chi connectivity index (χ4n) is 4.36. The Hall–Kier alpha value is 0. The molecule has 0 heteroatoms. The van der Waals surface area contributed by atoms with Crippen LogP contribution in [0, 0.1) is 75.9 Å². The minimum absolute atomic E-state index is 0.500. The van der Waals surface area contributed by atoms with Crippen LogP contribution in [0.1, 0.15) is 470 Å². The standard InChI is InChI=1S/4C6H14.4C5H10.4C5H12.C4H8.2C4H10.C3H8.2C2H6/c2*1-4-5-6(2)3;1-4-6(3)5-2;1-3-5-6-4-2;1-5(2)3-4-5;1-4-3-5(4)2;1-5-3-2-4-5;1-2-5-3-4-5;1-5(2,3)4;2*1-4-5(2)3;1-3-5-4-2;1-4-2-3-4;1-4(2)3;1-3-4-2;1-3-2;2*1-2/h3*6H,4-5H2,1-3H3;3-6H2,1-2H3;3-4H2,1-2H3;4-5H,3H2,1-2H3;2*5H,2-4H2,1H3;1-4H3;2*5H,4H2,1-3H3;3-5H2,1-2H3;4H,2-3H2,1H3;4H,1-3H3;3-4H2,1-2H3;3H2,1-2H3;2*1-2H3/t;;;;;4-,5?;;;;;;;;;;;;/m.....1............/s1. The summed E-state index contributed by atoms with van der Waals surface area (Å²) in [6.45, 7) is 90.3. The van der Waals surface area contributed by atoms with E-state index in [0.29, 0.717) is 5.41 Å². The maximum Gasteiger partial charge on any atom is -0.0354 e. The maximum absolute atomic E-state index is 2.31.